The number of carbonyl (C=O) groups excluding carboxylic acids is 2. The minimum absolute atomic E-state index is 0.0935. The first kappa shape index (κ1) is 23.7. The Balaban J connectivity index is 1.51. The van der Waals surface area contributed by atoms with Crippen LogP contribution in [0.15, 0.2) is 36.5 Å². The highest BCUT2D eigenvalue weighted by atomic mass is 16.2. The van der Waals surface area contributed by atoms with Crippen molar-refractivity contribution in [1.29, 1.82) is 0 Å². The quantitative estimate of drug-likeness (QED) is 0.405. The first-order valence-electron chi connectivity index (χ1n) is 13.2. The van der Waals surface area contributed by atoms with E-state index < -0.39 is 5.91 Å². The maximum absolute atomic E-state index is 13.5. The SMILES string of the molecule is CCn1c(-c2cc3cccnc3n2CC2CC2)nc2cc(C(=O)N3CCC[C@@H](NC)C3)cc(C(N)=O)c21. The summed E-state index contributed by atoms with van der Waals surface area (Å²) in [4.78, 5) is 37.7. The fraction of sp³-hybridized carbons (Fsp3) is 0.429. The molecule has 4 aromatic rings. The molecule has 3 N–H and O–H groups in total. The van der Waals surface area contributed by atoms with E-state index in [9.17, 15) is 9.59 Å². The molecule has 0 bridgehead atoms. The predicted molar refractivity (Wildman–Crippen MR) is 143 cm³/mol. The third kappa shape index (κ3) is 4.17. The molecule has 1 aliphatic heterocycles. The van der Waals surface area contributed by atoms with Crippen molar-refractivity contribution < 1.29 is 9.59 Å². The number of benzene rings is 1. The van der Waals surface area contributed by atoms with Gasteiger partial charge in [-0.1, -0.05) is 0 Å². The van der Waals surface area contributed by atoms with Crippen LogP contribution in [0.4, 0.5) is 0 Å². The van der Waals surface area contributed by atoms with Gasteiger partial charge in [-0.3, -0.25) is 9.59 Å². The van der Waals surface area contributed by atoms with Crippen LogP contribution < -0.4 is 11.1 Å². The highest BCUT2D eigenvalue weighted by molar-refractivity contribution is 6.09. The third-order valence-corrected chi connectivity index (χ3v) is 7.81. The Bertz CT molecular complexity index is 1510. The number of rotatable bonds is 7. The molecule has 0 unspecified atom stereocenters. The molecule has 0 spiro atoms. The molecule has 1 saturated heterocycles. The number of likely N-dealkylation sites (tertiary alicyclic amines) is 1. The molecule has 1 saturated carbocycles. The Kier molecular flexibility index (Phi) is 5.95. The zero-order chi connectivity index (χ0) is 25.7. The van der Waals surface area contributed by atoms with Crippen LogP contribution in [0.5, 0.6) is 0 Å². The summed E-state index contributed by atoms with van der Waals surface area (Å²) in [5, 5.41) is 4.34. The molecular formula is C28H33N7O2. The number of pyridine rings is 1. The van der Waals surface area contributed by atoms with Crippen LogP contribution in [0.1, 0.15) is 53.3 Å². The van der Waals surface area contributed by atoms with Gasteiger partial charge in [0.05, 0.1) is 22.3 Å². The molecule has 9 heteroatoms. The van der Waals surface area contributed by atoms with Crippen molar-refractivity contribution in [2.75, 3.05) is 20.1 Å². The number of nitrogens with two attached hydrogens (primary N) is 1. The van der Waals surface area contributed by atoms with Gasteiger partial charge in [0.15, 0.2) is 5.82 Å². The molecular weight excluding hydrogens is 466 g/mol. The molecule has 1 atom stereocenters. The number of hydrogen-bond acceptors (Lipinski definition) is 5. The van der Waals surface area contributed by atoms with Crippen LogP contribution >= 0.6 is 0 Å². The van der Waals surface area contributed by atoms with Gasteiger partial charge in [-0.25, -0.2) is 9.97 Å². The van der Waals surface area contributed by atoms with Gasteiger partial charge in [-0.15, -0.1) is 0 Å². The number of amides is 2. The maximum atomic E-state index is 13.5. The van der Waals surface area contributed by atoms with Gasteiger partial charge in [0.1, 0.15) is 5.65 Å². The van der Waals surface area contributed by atoms with Crippen molar-refractivity contribution in [3.05, 3.63) is 47.7 Å². The van der Waals surface area contributed by atoms with Crippen molar-refractivity contribution in [3.63, 3.8) is 0 Å². The predicted octanol–water partition coefficient (Wildman–Crippen LogP) is 3.41. The summed E-state index contributed by atoms with van der Waals surface area (Å²) in [7, 11) is 1.92. The van der Waals surface area contributed by atoms with Gasteiger partial charge in [-0.2, -0.15) is 0 Å². The van der Waals surface area contributed by atoms with E-state index in [4.69, 9.17) is 10.7 Å². The summed E-state index contributed by atoms with van der Waals surface area (Å²) in [6.07, 6.45) is 6.24. The zero-order valence-electron chi connectivity index (χ0n) is 21.4. The second kappa shape index (κ2) is 9.30. The van der Waals surface area contributed by atoms with Crippen LogP contribution in [0, 0.1) is 5.92 Å². The second-order valence-electron chi connectivity index (χ2n) is 10.3. The molecule has 0 radical (unpaired) electrons. The van der Waals surface area contributed by atoms with E-state index in [2.05, 4.69) is 27.0 Å². The van der Waals surface area contributed by atoms with E-state index in [1.54, 1.807) is 6.07 Å². The fourth-order valence-electron chi connectivity index (χ4n) is 5.68. The smallest absolute Gasteiger partial charge is 0.254 e. The van der Waals surface area contributed by atoms with Crippen molar-refractivity contribution >= 4 is 33.9 Å². The lowest BCUT2D eigenvalue weighted by atomic mass is 10.0. The minimum atomic E-state index is -0.562. The van der Waals surface area contributed by atoms with Gasteiger partial charge < -0.3 is 25.1 Å². The molecule has 4 heterocycles. The molecule has 2 amide bonds. The third-order valence-electron chi connectivity index (χ3n) is 7.81. The summed E-state index contributed by atoms with van der Waals surface area (Å²) in [6, 6.07) is 9.86. The molecule has 6 rings (SSSR count). The second-order valence-corrected chi connectivity index (χ2v) is 10.3. The first-order valence-corrected chi connectivity index (χ1v) is 13.2. The molecule has 1 aliphatic carbocycles. The largest absolute Gasteiger partial charge is 0.366 e. The van der Waals surface area contributed by atoms with Gasteiger partial charge in [-0.05, 0) is 75.9 Å². The number of aryl methyl sites for hydroxylation is 1. The number of likely N-dealkylation sites (N-methyl/N-ethyl adjacent to an activating group) is 1. The van der Waals surface area contributed by atoms with Crippen LogP contribution in [-0.2, 0) is 13.1 Å². The lowest BCUT2D eigenvalue weighted by Crippen LogP contribution is -2.47. The summed E-state index contributed by atoms with van der Waals surface area (Å²) < 4.78 is 4.29. The number of fused-ring (bicyclic) bond motifs is 2. The number of aromatic nitrogens is 4. The Labute approximate surface area is 215 Å². The molecule has 2 aliphatic rings. The van der Waals surface area contributed by atoms with Crippen LogP contribution in [0.2, 0.25) is 0 Å². The summed E-state index contributed by atoms with van der Waals surface area (Å²) in [5.41, 5.74) is 9.84. The molecule has 3 aromatic heterocycles. The standard InChI is InChI=1S/C28H33N7O2/c1-3-34-24-21(25(29)36)12-19(28(37)33-11-5-7-20(16-33)30-2)13-22(24)32-27(34)23-14-18-6-4-10-31-26(18)35(23)15-17-8-9-17/h4,6,10,12-14,17,20,30H,3,5,7-9,11,15-16H2,1-2H3,(H2,29,36)/t20-/m1/s1. The monoisotopic (exact) mass is 499 g/mol. The Morgan fingerprint density at radius 3 is 2.73 bits per heavy atom. The van der Waals surface area contributed by atoms with Crippen LogP contribution in [0.25, 0.3) is 33.6 Å². The maximum Gasteiger partial charge on any atom is 0.254 e. The Hall–Kier alpha value is -3.72. The van der Waals surface area contributed by atoms with Crippen molar-refractivity contribution in [3.8, 4) is 11.5 Å². The lowest BCUT2D eigenvalue weighted by molar-refractivity contribution is 0.0698. The topological polar surface area (TPSA) is 111 Å². The first-order chi connectivity index (χ1) is 18.0. The molecule has 9 nitrogen and oxygen atoms in total. The lowest BCUT2D eigenvalue weighted by Gasteiger charge is -2.32. The van der Waals surface area contributed by atoms with Crippen molar-refractivity contribution in [1.82, 2.24) is 29.3 Å². The summed E-state index contributed by atoms with van der Waals surface area (Å²) in [5.74, 6) is 0.750. The number of hydrogen-bond donors (Lipinski definition) is 2. The van der Waals surface area contributed by atoms with Gasteiger partial charge in [0.25, 0.3) is 11.8 Å². The van der Waals surface area contributed by atoms with Crippen LogP contribution in [0.3, 0.4) is 0 Å². The molecule has 2 fully saturated rings. The van der Waals surface area contributed by atoms with Crippen molar-refractivity contribution in [2.45, 2.75) is 51.7 Å². The van der Waals surface area contributed by atoms with E-state index >= 15 is 0 Å². The number of nitrogens with zero attached hydrogens (tertiary/aromatic N) is 5. The highest BCUT2D eigenvalue weighted by Crippen LogP contribution is 2.36. The van der Waals surface area contributed by atoms with Crippen molar-refractivity contribution in [2.24, 2.45) is 11.7 Å². The molecule has 192 valence electrons. The zero-order valence-corrected chi connectivity index (χ0v) is 21.4. The van der Waals surface area contributed by atoms with Crippen LogP contribution in [-0.4, -0.2) is 62.0 Å². The minimum Gasteiger partial charge on any atom is -0.366 e. The van der Waals surface area contributed by atoms with Gasteiger partial charge in [0, 0.05) is 49.4 Å². The molecule has 1 aromatic carbocycles. The highest BCUT2D eigenvalue weighted by Gasteiger charge is 2.29. The summed E-state index contributed by atoms with van der Waals surface area (Å²) in [6.45, 7) is 4.86. The number of primary amides is 1. The normalized spacial score (nSPS) is 18.1. The molecule has 37 heavy (non-hydrogen) atoms. The van der Waals surface area contributed by atoms with E-state index in [-0.39, 0.29) is 11.9 Å². The Morgan fingerprint density at radius 2 is 2.00 bits per heavy atom. The number of imidazole rings is 1. The Morgan fingerprint density at radius 1 is 1.16 bits per heavy atom. The summed E-state index contributed by atoms with van der Waals surface area (Å²) >= 11 is 0. The van der Waals surface area contributed by atoms with Gasteiger partial charge in [0.2, 0.25) is 0 Å². The van der Waals surface area contributed by atoms with E-state index in [0.717, 1.165) is 41.9 Å². The van der Waals surface area contributed by atoms with Gasteiger partial charge >= 0.3 is 0 Å². The number of carbonyl (C=O) groups is 2. The average Bonchev–Trinajstić information content (AvgIpc) is 3.56. The number of nitrogens with one attached hydrogen (secondary N) is 1. The average molecular weight is 500 g/mol. The van der Waals surface area contributed by atoms with E-state index in [1.807, 2.05) is 41.8 Å². The van der Waals surface area contributed by atoms with E-state index in [1.165, 1.54) is 12.8 Å². The number of piperidine rings is 1. The van der Waals surface area contributed by atoms with E-state index in [0.29, 0.717) is 47.7 Å². The fourth-order valence-corrected chi connectivity index (χ4v) is 5.68.